The van der Waals surface area contributed by atoms with E-state index in [0.29, 0.717) is 31.5 Å². The molecule has 3 saturated heterocycles. The van der Waals surface area contributed by atoms with Gasteiger partial charge in [-0.25, -0.2) is 0 Å². The molecule has 2 bridgehead atoms. The molecule has 3 unspecified atom stereocenters. The van der Waals surface area contributed by atoms with Gasteiger partial charge in [-0.3, -0.25) is 14.4 Å². The first-order valence-electron chi connectivity index (χ1n) is 13.4. The highest BCUT2D eigenvalue weighted by atomic mass is 79.9. The fourth-order valence-electron chi connectivity index (χ4n) is 6.82. The molecule has 5 rings (SSSR count). The fourth-order valence-corrected chi connectivity index (χ4v) is 7.76. The van der Waals surface area contributed by atoms with E-state index in [1.807, 2.05) is 30.3 Å². The van der Waals surface area contributed by atoms with Crippen molar-refractivity contribution in [2.75, 3.05) is 18.5 Å². The Labute approximate surface area is 220 Å². The maximum atomic E-state index is 13.9. The second-order valence-electron chi connectivity index (χ2n) is 10.7. The molecule has 0 aromatic heterocycles. The molecule has 1 aromatic carbocycles. The quantitative estimate of drug-likeness (QED) is 0.317. The summed E-state index contributed by atoms with van der Waals surface area (Å²) in [6.45, 7) is 0.512. The van der Waals surface area contributed by atoms with E-state index in [4.69, 9.17) is 4.74 Å². The van der Waals surface area contributed by atoms with Crippen molar-refractivity contribution in [1.29, 1.82) is 0 Å². The third-order valence-electron chi connectivity index (χ3n) is 8.39. The first-order chi connectivity index (χ1) is 17.5. The zero-order valence-corrected chi connectivity index (χ0v) is 22.1. The molecule has 1 saturated carbocycles. The molecule has 3 amide bonds. The molecule has 0 radical (unpaired) electrons. The number of amides is 3. The van der Waals surface area contributed by atoms with Crippen molar-refractivity contribution in [2.45, 2.75) is 86.4 Å². The van der Waals surface area contributed by atoms with Crippen LogP contribution in [0, 0.1) is 11.8 Å². The molecular weight excluding hydrogens is 526 g/mol. The number of hydrogen-bond donors (Lipinski definition) is 3. The van der Waals surface area contributed by atoms with E-state index in [2.05, 4.69) is 26.6 Å². The molecule has 9 heteroatoms. The third kappa shape index (κ3) is 4.58. The van der Waals surface area contributed by atoms with Crippen molar-refractivity contribution in [3.05, 3.63) is 30.3 Å². The number of unbranched alkanes of at least 4 members (excludes halogenated alkanes) is 2. The van der Waals surface area contributed by atoms with Crippen molar-refractivity contribution < 1.29 is 24.2 Å². The third-order valence-corrected chi connectivity index (χ3v) is 9.24. The fraction of sp³-hybridized carbons (Fsp3) is 0.667. The summed E-state index contributed by atoms with van der Waals surface area (Å²) in [7, 11) is 0. The van der Waals surface area contributed by atoms with E-state index in [0.717, 1.165) is 32.1 Å². The number of likely N-dealkylation sites (tertiary alicyclic amines) is 1. The van der Waals surface area contributed by atoms with E-state index in [1.165, 1.54) is 6.42 Å². The Kier molecular flexibility index (Phi) is 7.70. The standard InChI is InChI=1S/C27H36BrN3O5/c28-19-16-27-21(20(22(19)36-27)24(33)29-17-10-4-1-5-11-17)26(35)31(14-8-3-9-15-32)23(27)25(34)30-18-12-6-2-7-13-18/h1,4-5,10-11,18-23,32H,2-3,6-9,12-16H2,(H,29,33)(H,30,34)/t19?,20-,21+,22-,23?,27?/m1/s1. The second kappa shape index (κ2) is 10.8. The summed E-state index contributed by atoms with van der Waals surface area (Å²) in [5.74, 6) is -1.95. The van der Waals surface area contributed by atoms with Gasteiger partial charge in [-0.15, -0.1) is 0 Å². The van der Waals surface area contributed by atoms with Gasteiger partial charge in [0.1, 0.15) is 11.6 Å². The molecule has 196 valence electrons. The average molecular weight is 563 g/mol. The van der Waals surface area contributed by atoms with Crippen LogP contribution in [0.1, 0.15) is 57.8 Å². The lowest BCUT2D eigenvalue weighted by molar-refractivity contribution is -0.141. The van der Waals surface area contributed by atoms with Gasteiger partial charge in [-0.1, -0.05) is 53.4 Å². The number of anilines is 1. The van der Waals surface area contributed by atoms with Gasteiger partial charge in [-0.05, 0) is 50.7 Å². The summed E-state index contributed by atoms with van der Waals surface area (Å²) in [5, 5.41) is 15.4. The maximum Gasteiger partial charge on any atom is 0.246 e. The van der Waals surface area contributed by atoms with Gasteiger partial charge in [0.2, 0.25) is 17.7 Å². The highest BCUT2D eigenvalue weighted by molar-refractivity contribution is 9.09. The number of carbonyl (C=O) groups excluding carboxylic acids is 3. The molecule has 1 aliphatic carbocycles. The van der Waals surface area contributed by atoms with E-state index >= 15 is 0 Å². The number of halogens is 1. The van der Waals surface area contributed by atoms with Crippen LogP contribution in [0.3, 0.4) is 0 Å². The minimum Gasteiger partial charge on any atom is -0.396 e. The minimum atomic E-state index is -1.02. The van der Waals surface area contributed by atoms with E-state index < -0.39 is 29.6 Å². The smallest absolute Gasteiger partial charge is 0.246 e. The number of ether oxygens (including phenoxy) is 1. The van der Waals surface area contributed by atoms with Crippen LogP contribution in [-0.2, 0) is 19.1 Å². The van der Waals surface area contributed by atoms with Gasteiger partial charge in [0.25, 0.3) is 0 Å². The van der Waals surface area contributed by atoms with Crippen LogP contribution in [-0.4, -0.2) is 69.5 Å². The minimum absolute atomic E-state index is 0.101. The first kappa shape index (κ1) is 25.7. The second-order valence-corrected chi connectivity index (χ2v) is 11.9. The van der Waals surface area contributed by atoms with Crippen molar-refractivity contribution in [3.63, 3.8) is 0 Å². The number of para-hydroxylation sites is 1. The molecular formula is C27H36BrN3O5. The zero-order chi connectivity index (χ0) is 25.3. The van der Waals surface area contributed by atoms with Crippen molar-refractivity contribution >= 4 is 39.3 Å². The molecule has 6 atom stereocenters. The number of fused-ring (bicyclic) bond motifs is 1. The van der Waals surface area contributed by atoms with E-state index in [9.17, 15) is 19.5 Å². The number of aliphatic hydroxyl groups is 1. The summed E-state index contributed by atoms with van der Waals surface area (Å²) >= 11 is 3.71. The lowest BCUT2D eigenvalue weighted by atomic mass is 9.70. The normalized spacial score (nSPS) is 33.6. The summed E-state index contributed by atoms with van der Waals surface area (Å²) < 4.78 is 6.55. The Bertz CT molecular complexity index is 971. The molecule has 8 nitrogen and oxygen atoms in total. The topological polar surface area (TPSA) is 108 Å². The molecule has 3 aliphatic heterocycles. The van der Waals surface area contributed by atoms with Crippen LogP contribution in [0.25, 0.3) is 0 Å². The highest BCUT2D eigenvalue weighted by Crippen LogP contribution is 2.60. The van der Waals surface area contributed by atoms with Crippen LogP contribution in [0.4, 0.5) is 5.69 Å². The van der Waals surface area contributed by atoms with Crippen molar-refractivity contribution in [2.24, 2.45) is 11.8 Å². The number of nitrogens with one attached hydrogen (secondary N) is 2. The molecule has 1 aromatic rings. The molecule has 4 aliphatic rings. The lowest BCUT2D eigenvalue weighted by Gasteiger charge is -2.35. The monoisotopic (exact) mass is 561 g/mol. The van der Waals surface area contributed by atoms with Crippen LogP contribution in [0.15, 0.2) is 30.3 Å². The summed E-state index contributed by atoms with van der Waals surface area (Å²) in [6, 6.07) is 8.57. The highest BCUT2D eigenvalue weighted by Gasteiger charge is 2.76. The summed E-state index contributed by atoms with van der Waals surface area (Å²) in [6.07, 6.45) is 7.42. The number of hydrogen-bond acceptors (Lipinski definition) is 5. The number of carbonyl (C=O) groups is 3. The van der Waals surface area contributed by atoms with Crippen molar-refractivity contribution in [3.8, 4) is 0 Å². The lowest BCUT2D eigenvalue weighted by Crippen LogP contribution is -2.57. The predicted molar refractivity (Wildman–Crippen MR) is 138 cm³/mol. The van der Waals surface area contributed by atoms with Crippen LogP contribution in [0.2, 0.25) is 0 Å². The Morgan fingerprint density at radius 1 is 1.08 bits per heavy atom. The van der Waals surface area contributed by atoms with Gasteiger partial charge < -0.3 is 25.4 Å². The molecule has 4 fully saturated rings. The largest absolute Gasteiger partial charge is 0.396 e. The Morgan fingerprint density at radius 3 is 2.56 bits per heavy atom. The van der Waals surface area contributed by atoms with Gasteiger partial charge in [0, 0.05) is 29.7 Å². The van der Waals surface area contributed by atoms with Crippen molar-refractivity contribution in [1.82, 2.24) is 10.2 Å². The molecule has 1 spiro atoms. The van der Waals surface area contributed by atoms with Gasteiger partial charge in [0.15, 0.2) is 0 Å². The van der Waals surface area contributed by atoms with E-state index in [-0.39, 0.29) is 35.2 Å². The number of rotatable bonds is 9. The van der Waals surface area contributed by atoms with E-state index in [1.54, 1.807) is 4.90 Å². The predicted octanol–water partition coefficient (Wildman–Crippen LogP) is 2.98. The molecule has 36 heavy (non-hydrogen) atoms. The summed E-state index contributed by atoms with van der Waals surface area (Å²) in [5.41, 5.74) is -0.354. The summed E-state index contributed by atoms with van der Waals surface area (Å²) in [4.78, 5) is 42.8. The van der Waals surface area contributed by atoms with Gasteiger partial charge in [0.05, 0.1) is 17.9 Å². The SMILES string of the molecule is O=C(NC1CCCCC1)C1N(CCCCCO)C(=O)[C@@H]2[C@@H](C(=O)Nc3ccccc3)[C@@H]3OC12CC3Br. The molecule has 3 N–H and O–H groups in total. The molecule has 3 heterocycles. The number of aliphatic hydroxyl groups excluding tert-OH is 1. The average Bonchev–Trinajstić information content (AvgIpc) is 3.46. The zero-order valence-electron chi connectivity index (χ0n) is 20.5. The van der Waals surface area contributed by atoms with Crippen LogP contribution in [0.5, 0.6) is 0 Å². The Morgan fingerprint density at radius 2 is 1.83 bits per heavy atom. The Balaban J connectivity index is 1.43. The van der Waals surface area contributed by atoms with Gasteiger partial charge in [-0.2, -0.15) is 0 Å². The maximum absolute atomic E-state index is 13.9. The van der Waals surface area contributed by atoms with Crippen LogP contribution < -0.4 is 10.6 Å². The number of benzene rings is 1. The Hall–Kier alpha value is -1.97. The first-order valence-corrected chi connectivity index (χ1v) is 14.3. The van der Waals surface area contributed by atoms with Gasteiger partial charge >= 0.3 is 0 Å². The number of alkyl halides is 1. The number of nitrogens with zero attached hydrogens (tertiary/aromatic N) is 1. The van der Waals surface area contributed by atoms with Crippen LogP contribution >= 0.6 is 15.9 Å².